The maximum absolute atomic E-state index is 6.20. The summed E-state index contributed by atoms with van der Waals surface area (Å²) in [5.74, 6) is 0.405. The van der Waals surface area contributed by atoms with Gasteiger partial charge in [0.2, 0.25) is 0 Å². The average molecular weight is 496 g/mol. The Bertz CT molecular complexity index is 730. The van der Waals surface area contributed by atoms with Gasteiger partial charge < -0.3 is 11.1 Å². The highest BCUT2D eigenvalue weighted by atomic mass is 127. The average Bonchev–Trinajstić information content (AvgIpc) is 2.81. The summed E-state index contributed by atoms with van der Waals surface area (Å²) in [4.78, 5) is 4.36. The molecule has 0 fully saturated rings. The van der Waals surface area contributed by atoms with Crippen molar-refractivity contribution >= 4 is 53.1 Å². The first-order chi connectivity index (χ1) is 11.4. The Morgan fingerprint density at radius 1 is 1.32 bits per heavy atom. The Morgan fingerprint density at radius 2 is 2.04 bits per heavy atom. The summed E-state index contributed by atoms with van der Waals surface area (Å²) in [6, 6.07) is 7.44. The first-order valence-corrected chi connectivity index (χ1v) is 8.65. The van der Waals surface area contributed by atoms with Crippen molar-refractivity contribution in [1.29, 1.82) is 0 Å². The molecule has 1 unspecified atom stereocenters. The number of hydrogen-bond donors (Lipinski definition) is 2. The van der Waals surface area contributed by atoms with Crippen molar-refractivity contribution in [3.63, 3.8) is 0 Å². The normalized spacial score (nSPS) is 12.6. The van der Waals surface area contributed by atoms with Crippen molar-refractivity contribution < 1.29 is 0 Å². The molecule has 0 saturated heterocycles. The Morgan fingerprint density at radius 3 is 2.64 bits per heavy atom. The molecule has 0 spiro atoms. The van der Waals surface area contributed by atoms with Crippen molar-refractivity contribution in [3.8, 4) is 0 Å². The molecule has 25 heavy (non-hydrogen) atoms. The highest BCUT2D eigenvalue weighted by Crippen LogP contribution is 2.25. The van der Waals surface area contributed by atoms with Crippen molar-refractivity contribution in [1.82, 2.24) is 15.1 Å². The predicted molar refractivity (Wildman–Crippen MR) is 116 cm³/mol. The molecule has 1 atom stereocenters. The number of rotatable bonds is 6. The van der Waals surface area contributed by atoms with Crippen LogP contribution in [0.3, 0.4) is 0 Å². The van der Waals surface area contributed by atoms with Crippen LogP contribution in [0.5, 0.6) is 0 Å². The van der Waals surface area contributed by atoms with Crippen LogP contribution in [0.4, 0.5) is 0 Å². The van der Waals surface area contributed by atoms with Crippen molar-refractivity contribution in [3.05, 3.63) is 51.3 Å². The molecule has 0 amide bonds. The second-order valence-electron chi connectivity index (χ2n) is 5.80. The maximum atomic E-state index is 6.20. The summed E-state index contributed by atoms with van der Waals surface area (Å²) in [5, 5.41) is 8.80. The molecular weight excluding hydrogens is 472 g/mol. The van der Waals surface area contributed by atoms with Crippen LogP contribution >= 0.6 is 47.2 Å². The zero-order chi connectivity index (χ0) is 17.7. The van der Waals surface area contributed by atoms with E-state index in [1.54, 1.807) is 6.07 Å². The molecule has 2 aromatic rings. The van der Waals surface area contributed by atoms with E-state index in [1.165, 1.54) is 0 Å². The number of nitrogens with one attached hydrogen (secondary N) is 1. The van der Waals surface area contributed by atoms with E-state index in [1.807, 2.05) is 30.7 Å². The summed E-state index contributed by atoms with van der Waals surface area (Å²) in [7, 11) is 0. The van der Waals surface area contributed by atoms with Crippen molar-refractivity contribution in [2.45, 2.75) is 39.8 Å². The molecule has 0 saturated carbocycles. The highest BCUT2D eigenvalue weighted by Gasteiger charge is 2.10. The number of guanidine groups is 1. The zero-order valence-electron chi connectivity index (χ0n) is 14.6. The number of nitrogens with two attached hydrogens (primary N) is 1. The van der Waals surface area contributed by atoms with E-state index in [0.29, 0.717) is 22.5 Å². The van der Waals surface area contributed by atoms with Gasteiger partial charge in [-0.15, -0.1) is 24.0 Å². The van der Waals surface area contributed by atoms with Crippen LogP contribution in [-0.2, 0) is 6.54 Å². The minimum absolute atomic E-state index is 0. The monoisotopic (exact) mass is 495 g/mol. The van der Waals surface area contributed by atoms with E-state index in [2.05, 4.69) is 28.4 Å². The lowest BCUT2D eigenvalue weighted by atomic mass is 10.1. The van der Waals surface area contributed by atoms with Crippen LogP contribution in [-0.4, -0.2) is 22.3 Å². The molecular formula is C17H24Cl2IN5. The summed E-state index contributed by atoms with van der Waals surface area (Å²) >= 11 is 12.1. The quantitative estimate of drug-likeness (QED) is 0.268. The predicted octanol–water partition coefficient (Wildman–Crippen LogP) is 4.48. The number of benzene rings is 1. The number of halogens is 3. The minimum atomic E-state index is -0.0467. The molecule has 3 N–H and O–H groups in total. The Labute approximate surface area is 176 Å². The summed E-state index contributed by atoms with van der Waals surface area (Å²) in [6.07, 6.45) is 0.875. The maximum Gasteiger partial charge on any atom is 0.189 e. The molecule has 5 nitrogen and oxygen atoms in total. The van der Waals surface area contributed by atoms with Gasteiger partial charge >= 0.3 is 0 Å². The van der Waals surface area contributed by atoms with Gasteiger partial charge in [-0.1, -0.05) is 29.3 Å². The van der Waals surface area contributed by atoms with Crippen LogP contribution < -0.4 is 11.1 Å². The topological polar surface area (TPSA) is 68.2 Å². The second kappa shape index (κ2) is 10.2. The number of hydrogen-bond acceptors (Lipinski definition) is 2. The smallest absolute Gasteiger partial charge is 0.189 e. The molecule has 2 rings (SSSR count). The summed E-state index contributed by atoms with van der Waals surface area (Å²) in [6.45, 7) is 7.49. The van der Waals surface area contributed by atoms with Gasteiger partial charge in [0.25, 0.3) is 0 Å². The van der Waals surface area contributed by atoms with Crippen LogP contribution in [0, 0.1) is 13.8 Å². The number of aryl methyl sites for hydroxylation is 3. The molecule has 138 valence electrons. The van der Waals surface area contributed by atoms with Gasteiger partial charge in [0, 0.05) is 28.8 Å². The van der Waals surface area contributed by atoms with Crippen molar-refractivity contribution in [2.75, 3.05) is 6.54 Å². The molecule has 0 bridgehead atoms. The van der Waals surface area contributed by atoms with Crippen LogP contribution in [0.15, 0.2) is 29.3 Å². The summed E-state index contributed by atoms with van der Waals surface area (Å²) in [5.41, 5.74) is 9.08. The fourth-order valence-corrected chi connectivity index (χ4v) is 3.09. The number of nitrogens with zero attached hydrogens (tertiary/aromatic N) is 3. The van der Waals surface area contributed by atoms with E-state index in [-0.39, 0.29) is 30.0 Å². The van der Waals surface area contributed by atoms with Gasteiger partial charge in [0.15, 0.2) is 5.96 Å². The third kappa shape index (κ3) is 6.67. The lowest BCUT2D eigenvalue weighted by molar-refractivity contribution is 0.567. The van der Waals surface area contributed by atoms with E-state index in [9.17, 15) is 0 Å². The molecule has 1 heterocycles. The van der Waals surface area contributed by atoms with Gasteiger partial charge in [-0.25, -0.2) is 0 Å². The zero-order valence-corrected chi connectivity index (χ0v) is 18.4. The third-order valence-electron chi connectivity index (χ3n) is 3.71. The van der Waals surface area contributed by atoms with E-state index in [0.717, 1.165) is 29.9 Å². The van der Waals surface area contributed by atoms with E-state index in [4.69, 9.17) is 28.9 Å². The highest BCUT2D eigenvalue weighted by molar-refractivity contribution is 14.0. The fraction of sp³-hybridized carbons (Fsp3) is 0.412. The molecule has 1 aromatic carbocycles. The van der Waals surface area contributed by atoms with Crippen LogP contribution in [0.1, 0.15) is 36.3 Å². The number of aromatic nitrogens is 2. The first kappa shape index (κ1) is 22.1. The third-order valence-corrected chi connectivity index (χ3v) is 4.27. The lowest BCUT2D eigenvalue weighted by Gasteiger charge is -2.16. The van der Waals surface area contributed by atoms with Crippen molar-refractivity contribution in [2.24, 2.45) is 10.7 Å². The van der Waals surface area contributed by atoms with Gasteiger partial charge in [-0.05, 0) is 51.0 Å². The first-order valence-electron chi connectivity index (χ1n) is 7.89. The lowest BCUT2D eigenvalue weighted by Crippen LogP contribution is -2.34. The van der Waals surface area contributed by atoms with Crippen LogP contribution in [0.25, 0.3) is 0 Å². The van der Waals surface area contributed by atoms with E-state index < -0.39 is 0 Å². The largest absolute Gasteiger partial charge is 0.370 e. The Kier molecular flexibility index (Phi) is 9.02. The minimum Gasteiger partial charge on any atom is -0.370 e. The number of aliphatic imine (C=N–C) groups is 1. The Balaban J connectivity index is 0.00000312. The second-order valence-corrected chi connectivity index (χ2v) is 6.65. The molecule has 0 aliphatic rings. The van der Waals surface area contributed by atoms with Gasteiger partial charge in [0.1, 0.15) is 0 Å². The molecule has 0 aliphatic heterocycles. The fourth-order valence-electron chi connectivity index (χ4n) is 2.52. The molecule has 1 aromatic heterocycles. The van der Waals surface area contributed by atoms with Gasteiger partial charge in [-0.3, -0.25) is 9.67 Å². The molecule has 8 heteroatoms. The van der Waals surface area contributed by atoms with Gasteiger partial charge in [0.05, 0.1) is 11.7 Å². The van der Waals surface area contributed by atoms with Crippen LogP contribution in [0.2, 0.25) is 10.0 Å². The van der Waals surface area contributed by atoms with Gasteiger partial charge in [-0.2, -0.15) is 5.10 Å². The molecule has 0 radical (unpaired) electrons. The van der Waals surface area contributed by atoms with E-state index >= 15 is 0 Å². The standard InChI is InChI=1S/C17H23Cl2N5.HI/c1-11-9-12(2)24(23-11)8-4-7-21-17(20)22-13(3)15-6-5-14(18)10-16(15)19;/h5-6,9-10,13H,4,7-8H2,1-3H3,(H3,20,21,22);1H. The Hall–Kier alpha value is -0.990. The summed E-state index contributed by atoms with van der Waals surface area (Å²) < 4.78 is 1.99. The SMILES string of the molecule is Cc1cc(C)n(CCCN=C(N)NC(C)c2ccc(Cl)cc2Cl)n1.I. The molecule has 0 aliphatic carbocycles.